The highest BCUT2D eigenvalue weighted by atomic mass is 16.6. The van der Waals surface area contributed by atoms with Crippen LogP contribution in [0.25, 0.3) is 0 Å². The van der Waals surface area contributed by atoms with E-state index in [1.807, 2.05) is 6.07 Å². The number of benzene rings is 1. The number of hydrogen-bond donors (Lipinski definition) is 1. The van der Waals surface area contributed by atoms with Crippen molar-refractivity contribution >= 4 is 17.3 Å². The molecule has 1 saturated heterocycles. The van der Waals surface area contributed by atoms with Gasteiger partial charge in [0.05, 0.1) is 10.6 Å². The number of carbonyl (C=O) groups excluding carboxylic acids is 1. The number of nitrogens with two attached hydrogens (primary N) is 1. The Kier molecular flexibility index (Phi) is 4.90. The minimum absolute atomic E-state index is 0.0456. The number of piperazine rings is 1. The van der Waals surface area contributed by atoms with Gasteiger partial charge < -0.3 is 15.5 Å². The summed E-state index contributed by atoms with van der Waals surface area (Å²) < 4.78 is 0. The smallest absolute Gasteiger partial charge is 0.271 e. The van der Waals surface area contributed by atoms with Gasteiger partial charge in [-0.15, -0.1) is 0 Å². The summed E-state index contributed by atoms with van der Waals surface area (Å²) in [5, 5.41) is 10.9. The molecule has 8 heteroatoms. The third-order valence-corrected chi connectivity index (χ3v) is 4.25. The monoisotopic (exact) mass is 341 g/mol. The average Bonchev–Trinajstić information content (AvgIpc) is 2.67. The second-order valence-electron chi connectivity index (χ2n) is 5.80. The third kappa shape index (κ3) is 3.74. The fourth-order valence-corrected chi connectivity index (χ4v) is 2.88. The van der Waals surface area contributed by atoms with Crippen LogP contribution in [-0.4, -0.2) is 46.9 Å². The Balaban J connectivity index is 1.66. The van der Waals surface area contributed by atoms with Gasteiger partial charge in [0.2, 0.25) is 0 Å². The number of anilines is 1. The lowest BCUT2D eigenvalue weighted by atomic mass is 10.1. The van der Waals surface area contributed by atoms with Gasteiger partial charge in [0.1, 0.15) is 0 Å². The van der Waals surface area contributed by atoms with Crippen molar-refractivity contribution in [3.63, 3.8) is 0 Å². The van der Waals surface area contributed by atoms with E-state index >= 15 is 0 Å². The fraction of sp³-hybridized carbons (Fsp3) is 0.294. The quantitative estimate of drug-likeness (QED) is 0.666. The summed E-state index contributed by atoms with van der Waals surface area (Å²) in [7, 11) is 0. The normalized spacial score (nSPS) is 14.4. The molecule has 0 spiro atoms. The zero-order valence-corrected chi connectivity index (χ0v) is 13.7. The average molecular weight is 341 g/mol. The predicted molar refractivity (Wildman–Crippen MR) is 93.3 cm³/mol. The van der Waals surface area contributed by atoms with E-state index in [0.29, 0.717) is 44.0 Å². The molecule has 2 heterocycles. The van der Waals surface area contributed by atoms with E-state index < -0.39 is 4.92 Å². The van der Waals surface area contributed by atoms with Crippen molar-refractivity contribution < 1.29 is 9.72 Å². The van der Waals surface area contributed by atoms with Crippen LogP contribution in [0.5, 0.6) is 0 Å². The first-order valence-electron chi connectivity index (χ1n) is 8.02. The highest BCUT2D eigenvalue weighted by molar-refractivity contribution is 5.94. The molecule has 0 bridgehead atoms. The second kappa shape index (κ2) is 7.27. The van der Waals surface area contributed by atoms with Gasteiger partial charge in [-0.2, -0.15) is 0 Å². The largest absolute Gasteiger partial charge is 0.368 e. The van der Waals surface area contributed by atoms with Crippen molar-refractivity contribution in [3.8, 4) is 0 Å². The fourth-order valence-electron chi connectivity index (χ4n) is 2.88. The second-order valence-corrected chi connectivity index (χ2v) is 5.80. The number of hydrogen-bond acceptors (Lipinski definition) is 6. The van der Waals surface area contributed by atoms with Gasteiger partial charge in [0.25, 0.3) is 11.6 Å². The summed E-state index contributed by atoms with van der Waals surface area (Å²) in [5.41, 5.74) is 7.71. The maximum Gasteiger partial charge on any atom is 0.271 e. The third-order valence-electron chi connectivity index (χ3n) is 4.25. The van der Waals surface area contributed by atoms with Crippen LogP contribution < -0.4 is 10.6 Å². The number of amides is 1. The Bertz CT molecular complexity index is 787. The van der Waals surface area contributed by atoms with Crippen LogP contribution in [0, 0.1) is 10.1 Å². The number of nitro groups is 1. The molecule has 1 aromatic heterocycles. The maximum atomic E-state index is 12.6. The lowest BCUT2D eigenvalue weighted by Crippen LogP contribution is -2.48. The van der Waals surface area contributed by atoms with Gasteiger partial charge in [-0.3, -0.25) is 19.9 Å². The lowest BCUT2D eigenvalue weighted by Gasteiger charge is -2.36. The molecule has 0 atom stereocenters. The minimum atomic E-state index is -0.401. The summed E-state index contributed by atoms with van der Waals surface area (Å²) in [5.74, 6) is -0.0456. The Labute approximate surface area is 145 Å². The van der Waals surface area contributed by atoms with E-state index in [-0.39, 0.29) is 11.6 Å². The Morgan fingerprint density at radius 2 is 1.96 bits per heavy atom. The van der Waals surface area contributed by atoms with Gasteiger partial charge in [-0.1, -0.05) is 6.07 Å². The molecule has 1 aliphatic rings. The van der Waals surface area contributed by atoms with Crippen LogP contribution in [0.2, 0.25) is 0 Å². The molecule has 1 fully saturated rings. The van der Waals surface area contributed by atoms with Crippen molar-refractivity contribution in [1.29, 1.82) is 0 Å². The molecule has 1 amide bonds. The summed E-state index contributed by atoms with van der Waals surface area (Å²) in [6, 6.07) is 9.97. The molecule has 0 unspecified atom stereocenters. The summed E-state index contributed by atoms with van der Waals surface area (Å²) in [4.78, 5) is 31.0. The van der Waals surface area contributed by atoms with E-state index in [2.05, 4.69) is 9.88 Å². The van der Waals surface area contributed by atoms with Gasteiger partial charge >= 0.3 is 0 Å². The number of nitro benzene ring substituents is 1. The number of rotatable bonds is 4. The minimum Gasteiger partial charge on any atom is -0.368 e. The molecular weight excluding hydrogens is 322 g/mol. The van der Waals surface area contributed by atoms with Crippen molar-refractivity contribution in [2.45, 2.75) is 6.54 Å². The molecule has 8 nitrogen and oxygen atoms in total. The van der Waals surface area contributed by atoms with E-state index in [9.17, 15) is 14.9 Å². The molecule has 1 aliphatic heterocycles. The van der Waals surface area contributed by atoms with Crippen LogP contribution in [-0.2, 0) is 6.54 Å². The zero-order valence-electron chi connectivity index (χ0n) is 13.7. The molecule has 25 heavy (non-hydrogen) atoms. The van der Waals surface area contributed by atoms with E-state index in [4.69, 9.17) is 5.73 Å². The lowest BCUT2D eigenvalue weighted by molar-refractivity contribution is -0.384. The first kappa shape index (κ1) is 16.8. The highest BCUT2D eigenvalue weighted by Gasteiger charge is 2.23. The van der Waals surface area contributed by atoms with Crippen LogP contribution >= 0.6 is 0 Å². The Morgan fingerprint density at radius 1 is 1.20 bits per heavy atom. The summed E-state index contributed by atoms with van der Waals surface area (Å²) >= 11 is 0. The van der Waals surface area contributed by atoms with Gasteiger partial charge in [-0.05, 0) is 18.2 Å². The molecule has 3 rings (SSSR count). The summed E-state index contributed by atoms with van der Waals surface area (Å²) in [6.07, 6.45) is 1.59. The van der Waals surface area contributed by atoms with Crippen molar-refractivity contribution in [1.82, 2.24) is 9.88 Å². The molecule has 2 N–H and O–H groups in total. The molecule has 0 aliphatic carbocycles. The van der Waals surface area contributed by atoms with Crippen molar-refractivity contribution in [2.75, 3.05) is 31.1 Å². The van der Waals surface area contributed by atoms with Crippen LogP contribution in [0.15, 0.2) is 42.6 Å². The first-order valence-corrected chi connectivity index (χ1v) is 8.02. The Morgan fingerprint density at radius 3 is 2.64 bits per heavy atom. The highest BCUT2D eigenvalue weighted by Crippen LogP contribution is 2.22. The molecule has 0 saturated carbocycles. The SMILES string of the molecule is NCc1cc(C(=O)N2CCN(c3cccc([N+](=O)[O-])c3)CC2)ccn1. The van der Waals surface area contributed by atoms with Crippen molar-refractivity contribution in [3.05, 3.63) is 64.0 Å². The molecule has 130 valence electrons. The standard InChI is InChI=1S/C17H19N5O3/c18-12-14-10-13(4-5-19-14)17(23)21-8-6-20(7-9-21)15-2-1-3-16(11-15)22(24)25/h1-5,10-11H,6-9,12,18H2. The van der Waals surface area contributed by atoms with Gasteiger partial charge in [0, 0.05) is 62.3 Å². The van der Waals surface area contributed by atoms with Gasteiger partial charge in [-0.25, -0.2) is 0 Å². The molecular formula is C17H19N5O3. The molecule has 2 aromatic rings. The summed E-state index contributed by atoms with van der Waals surface area (Å²) in [6.45, 7) is 2.66. The number of nitrogens with zero attached hydrogens (tertiary/aromatic N) is 4. The Hall–Kier alpha value is -3.00. The van der Waals surface area contributed by atoms with Crippen LogP contribution in [0.4, 0.5) is 11.4 Å². The first-order chi connectivity index (χ1) is 12.1. The van der Waals surface area contributed by atoms with Crippen LogP contribution in [0.3, 0.4) is 0 Å². The maximum absolute atomic E-state index is 12.6. The topological polar surface area (TPSA) is 106 Å². The van der Waals surface area contributed by atoms with Crippen LogP contribution in [0.1, 0.15) is 16.1 Å². The number of non-ortho nitro benzene ring substituents is 1. The predicted octanol–water partition coefficient (Wildman–Crippen LogP) is 1.41. The molecule has 0 radical (unpaired) electrons. The van der Waals surface area contributed by atoms with Gasteiger partial charge in [0.15, 0.2) is 0 Å². The number of pyridine rings is 1. The van der Waals surface area contributed by atoms with E-state index in [0.717, 1.165) is 5.69 Å². The number of carbonyl (C=O) groups is 1. The van der Waals surface area contributed by atoms with Crippen molar-refractivity contribution in [2.24, 2.45) is 5.73 Å². The number of aromatic nitrogens is 1. The molecule has 1 aromatic carbocycles. The zero-order chi connectivity index (χ0) is 17.8. The van der Waals surface area contributed by atoms with E-state index in [1.165, 1.54) is 6.07 Å². The van der Waals surface area contributed by atoms with E-state index in [1.54, 1.807) is 35.4 Å².